The van der Waals surface area contributed by atoms with Crippen LogP contribution in [0.3, 0.4) is 0 Å². The average molecular weight is 792 g/mol. The van der Waals surface area contributed by atoms with Gasteiger partial charge in [0.15, 0.2) is 0 Å². The molecule has 1 aliphatic rings. The van der Waals surface area contributed by atoms with Crippen LogP contribution in [-0.4, -0.2) is 23.3 Å². The van der Waals surface area contributed by atoms with Gasteiger partial charge in [-0.2, -0.15) is 47.5 Å². The van der Waals surface area contributed by atoms with Gasteiger partial charge in [-0.05, 0) is 77.2 Å². The molecule has 8 rings (SSSR count). The Labute approximate surface area is 291 Å². The maximum absolute atomic E-state index is 4.92. The standard InChI is InChI=1S/C42H36N4.Pt/c1-28-12-10-13-29(2)41(28)30-22-23-43-40(24-30)46-36-17-7-6-16-34(36)35-21-20-32(26-39(35)46)42(3,4)31-14-11-15-33(25-31)45-27-44(5)37-18-8-9-19-38(37)45;/h6-24H,27H2,1-5H3;/q-2;+2. The monoisotopic (exact) mass is 791 g/mol. The van der Waals surface area contributed by atoms with Crippen LogP contribution in [-0.2, 0) is 26.5 Å². The first-order valence-electron chi connectivity index (χ1n) is 15.9. The van der Waals surface area contributed by atoms with E-state index in [0.717, 1.165) is 40.3 Å². The molecule has 0 spiro atoms. The second-order valence-electron chi connectivity index (χ2n) is 13.0. The zero-order valence-corrected chi connectivity index (χ0v) is 29.6. The second kappa shape index (κ2) is 11.9. The van der Waals surface area contributed by atoms with Gasteiger partial charge in [-0.1, -0.05) is 73.6 Å². The molecular weight excluding hydrogens is 756 g/mol. The Morgan fingerprint density at radius 1 is 0.702 bits per heavy atom. The summed E-state index contributed by atoms with van der Waals surface area (Å²) in [6, 6.07) is 46.7. The fraction of sp³-hybridized carbons (Fsp3) is 0.167. The number of aryl methyl sites for hydroxylation is 2. The molecular formula is C42H36N4Pt. The predicted octanol–water partition coefficient (Wildman–Crippen LogP) is 9.93. The molecule has 1 aliphatic heterocycles. The third-order valence-electron chi connectivity index (χ3n) is 9.68. The van der Waals surface area contributed by atoms with Gasteiger partial charge < -0.3 is 14.4 Å². The second-order valence-corrected chi connectivity index (χ2v) is 13.0. The van der Waals surface area contributed by atoms with Gasteiger partial charge in [-0.25, -0.2) is 4.98 Å². The number of hydrogen-bond donors (Lipinski definition) is 0. The van der Waals surface area contributed by atoms with Crippen LogP contribution in [0.5, 0.6) is 0 Å². The van der Waals surface area contributed by atoms with E-state index >= 15 is 0 Å². The van der Waals surface area contributed by atoms with Crippen molar-refractivity contribution in [3.05, 3.63) is 150 Å². The third-order valence-corrected chi connectivity index (χ3v) is 9.68. The van der Waals surface area contributed by atoms with E-state index in [1.165, 1.54) is 44.4 Å². The molecule has 0 fully saturated rings. The van der Waals surface area contributed by atoms with Crippen molar-refractivity contribution >= 4 is 38.9 Å². The first-order valence-corrected chi connectivity index (χ1v) is 15.9. The number of rotatable bonds is 5. The Bertz CT molecular complexity index is 2260. The van der Waals surface area contributed by atoms with Crippen molar-refractivity contribution in [3.8, 4) is 16.9 Å². The fourth-order valence-electron chi connectivity index (χ4n) is 7.17. The van der Waals surface area contributed by atoms with E-state index in [1.807, 2.05) is 6.20 Å². The molecule has 4 nitrogen and oxygen atoms in total. The molecule has 5 aromatic carbocycles. The molecule has 47 heavy (non-hydrogen) atoms. The third kappa shape index (κ3) is 5.07. The topological polar surface area (TPSA) is 24.3 Å². The molecule has 7 aromatic rings. The number of benzene rings is 5. The molecule has 3 heterocycles. The van der Waals surface area contributed by atoms with Crippen molar-refractivity contribution in [2.75, 3.05) is 23.5 Å². The van der Waals surface area contributed by atoms with E-state index in [9.17, 15) is 0 Å². The summed E-state index contributed by atoms with van der Waals surface area (Å²) in [7, 11) is 2.14. The molecule has 0 aliphatic carbocycles. The Morgan fingerprint density at radius 3 is 2.21 bits per heavy atom. The van der Waals surface area contributed by atoms with Crippen LogP contribution in [0.1, 0.15) is 36.1 Å². The summed E-state index contributed by atoms with van der Waals surface area (Å²) in [6.07, 6.45) is 1.93. The number of pyridine rings is 1. The molecule has 0 saturated heterocycles. The van der Waals surface area contributed by atoms with Crippen molar-refractivity contribution in [1.29, 1.82) is 0 Å². The van der Waals surface area contributed by atoms with Crippen molar-refractivity contribution in [2.24, 2.45) is 0 Å². The van der Waals surface area contributed by atoms with Gasteiger partial charge in [-0.15, -0.1) is 11.5 Å². The maximum Gasteiger partial charge on any atom is 2.00 e. The van der Waals surface area contributed by atoms with Gasteiger partial charge in [0.05, 0.1) is 18.0 Å². The first-order chi connectivity index (χ1) is 22.3. The molecule has 234 valence electrons. The van der Waals surface area contributed by atoms with Gasteiger partial charge in [0.25, 0.3) is 0 Å². The van der Waals surface area contributed by atoms with Crippen molar-refractivity contribution in [1.82, 2.24) is 9.55 Å². The SMILES string of the molecule is Cc1cccc(C)c1-c1ccnc(-n2c3[c-]c(C(C)(C)c4[c-]c(N5CN(C)c6ccccc65)ccc4)ccc3c3ccccc32)c1.[Pt+2]. The minimum atomic E-state index is -0.343. The van der Waals surface area contributed by atoms with Crippen LogP contribution in [0.15, 0.2) is 115 Å². The van der Waals surface area contributed by atoms with Gasteiger partial charge in [0.1, 0.15) is 5.82 Å². The summed E-state index contributed by atoms with van der Waals surface area (Å²) in [6.45, 7) is 9.70. The summed E-state index contributed by atoms with van der Waals surface area (Å²) in [4.78, 5) is 9.55. The molecule has 0 saturated carbocycles. The minimum absolute atomic E-state index is 0. The van der Waals surface area contributed by atoms with E-state index in [4.69, 9.17) is 4.98 Å². The van der Waals surface area contributed by atoms with Crippen LogP contribution in [0.4, 0.5) is 17.1 Å². The molecule has 0 bridgehead atoms. The van der Waals surface area contributed by atoms with E-state index in [-0.39, 0.29) is 26.5 Å². The van der Waals surface area contributed by atoms with E-state index in [2.05, 4.69) is 170 Å². The van der Waals surface area contributed by atoms with Crippen molar-refractivity contribution in [3.63, 3.8) is 0 Å². The number of fused-ring (bicyclic) bond motifs is 4. The smallest absolute Gasteiger partial charge is 0.355 e. The van der Waals surface area contributed by atoms with E-state index in [1.54, 1.807) is 0 Å². The summed E-state index contributed by atoms with van der Waals surface area (Å²) < 4.78 is 2.28. The average Bonchev–Trinajstić information content (AvgIpc) is 3.59. The summed E-state index contributed by atoms with van der Waals surface area (Å²) >= 11 is 0. The number of nitrogens with zero attached hydrogens (tertiary/aromatic N) is 4. The number of hydrogen-bond acceptors (Lipinski definition) is 3. The molecule has 5 heteroatoms. The molecule has 2 aromatic heterocycles. The number of aromatic nitrogens is 2. The normalized spacial score (nSPS) is 12.9. The quantitative estimate of drug-likeness (QED) is 0.162. The number of anilines is 3. The molecule has 0 amide bonds. The predicted molar refractivity (Wildman–Crippen MR) is 192 cm³/mol. The Morgan fingerprint density at radius 2 is 1.40 bits per heavy atom. The molecule has 0 unspecified atom stereocenters. The van der Waals surface area contributed by atoms with Crippen LogP contribution in [0, 0.1) is 26.0 Å². The van der Waals surface area contributed by atoms with Gasteiger partial charge in [0.2, 0.25) is 0 Å². The summed E-state index contributed by atoms with van der Waals surface area (Å²) in [5.41, 5.74) is 12.5. The Hall–Kier alpha value is -4.66. The fourth-order valence-corrected chi connectivity index (χ4v) is 7.17. The van der Waals surface area contributed by atoms with Crippen LogP contribution < -0.4 is 9.80 Å². The maximum atomic E-state index is 4.92. The van der Waals surface area contributed by atoms with E-state index in [0.29, 0.717) is 0 Å². The summed E-state index contributed by atoms with van der Waals surface area (Å²) in [5, 5.41) is 2.37. The molecule has 0 atom stereocenters. The van der Waals surface area contributed by atoms with Crippen molar-refractivity contribution in [2.45, 2.75) is 33.1 Å². The van der Waals surface area contributed by atoms with Crippen LogP contribution in [0.2, 0.25) is 0 Å². The molecule has 0 N–H and O–H groups in total. The summed E-state index contributed by atoms with van der Waals surface area (Å²) in [5.74, 6) is 0.892. The Balaban J connectivity index is 0.00000351. The Kier molecular flexibility index (Phi) is 7.81. The number of para-hydroxylation sites is 3. The van der Waals surface area contributed by atoms with Gasteiger partial charge in [-0.3, -0.25) is 0 Å². The zero-order valence-electron chi connectivity index (χ0n) is 27.3. The first kappa shape index (κ1) is 31.0. The zero-order chi connectivity index (χ0) is 31.6. The molecule has 0 radical (unpaired) electrons. The van der Waals surface area contributed by atoms with Gasteiger partial charge in [0, 0.05) is 18.8 Å². The van der Waals surface area contributed by atoms with E-state index < -0.39 is 0 Å². The van der Waals surface area contributed by atoms with Crippen LogP contribution in [0.25, 0.3) is 38.8 Å². The minimum Gasteiger partial charge on any atom is -0.355 e. The largest absolute Gasteiger partial charge is 2.00 e. The van der Waals surface area contributed by atoms with Crippen molar-refractivity contribution < 1.29 is 21.1 Å². The van der Waals surface area contributed by atoms with Crippen LogP contribution >= 0.6 is 0 Å². The van der Waals surface area contributed by atoms with Gasteiger partial charge >= 0.3 is 21.1 Å².